The molecule has 0 saturated heterocycles. The molecule has 1 aromatic carbocycles. The minimum absolute atomic E-state index is 0.0920. The second-order valence-corrected chi connectivity index (χ2v) is 10.8. The van der Waals surface area contributed by atoms with E-state index in [4.69, 9.17) is 5.11 Å². The molecule has 0 spiro atoms. The first-order valence-corrected chi connectivity index (χ1v) is 12.8. The van der Waals surface area contributed by atoms with Crippen molar-refractivity contribution in [2.24, 2.45) is 11.8 Å². The van der Waals surface area contributed by atoms with Crippen molar-refractivity contribution in [2.75, 3.05) is 27.3 Å². The van der Waals surface area contributed by atoms with Crippen molar-refractivity contribution in [3.63, 3.8) is 0 Å². The summed E-state index contributed by atoms with van der Waals surface area (Å²) in [6, 6.07) is 2.94. The van der Waals surface area contributed by atoms with Crippen LogP contribution in [0.2, 0.25) is 0 Å². The number of carbonyl (C=O) groups is 4. The molecular weight excluding hydrogens is 526 g/mol. The average molecular weight is 560 g/mol. The zero-order valence-electron chi connectivity index (χ0n) is 22.3. The zero-order valence-corrected chi connectivity index (χ0v) is 22.3. The van der Waals surface area contributed by atoms with E-state index in [0.29, 0.717) is 0 Å². The highest BCUT2D eigenvalue weighted by Gasteiger charge is 2.66. The van der Waals surface area contributed by atoms with Gasteiger partial charge < -0.3 is 36.0 Å². The Bertz CT molecular complexity index is 1350. The Morgan fingerprint density at radius 1 is 1.12 bits per heavy atom. The van der Waals surface area contributed by atoms with Crippen molar-refractivity contribution >= 4 is 29.2 Å². The number of aliphatic hydroxyl groups excluding tert-OH is 2. The van der Waals surface area contributed by atoms with Crippen LogP contribution < -0.4 is 10.6 Å². The molecule has 0 heterocycles. The van der Waals surface area contributed by atoms with Gasteiger partial charge in [0, 0.05) is 23.8 Å². The average Bonchev–Trinajstić information content (AvgIpc) is 2.86. The fourth-order valence-corrected chi connectivity index (χ4v) is 6.17. The van der Waals surface area contributed by atoms with Crippen LogP contribution in [0.1, 0.15) is 37.3 Å². The van der Waals surface area contributed by atoms with Crippen molar-refractivity contribution in [3.8, 4) is 5.75 Å². The summed E-state index contributed by atoms with van der Waals surface area (Å²) in [7, 11) is 3.01. The summed E-state index contributed by atoms with van der Waals surface area (Å²) in [6.45, 7) is 1.44. The number of amides is 1. The molecule has 0 radical (unpaired) electrons. The smallest absolute Gasteiger partial charge is 0.303 e. The van der Waals surface area contributed by atoms with E-state index in [1.807, 2.05) is 0 Å². The summed E-state index contributed by atoms with van der Waals surface area (Å²) < 4.78 is 0. The van der Waals surface area contributed by atoms with Crippen molar-refractivity contribution in [1.29, 1.82) is 0 Å². The molecule has 3 aliphatic rings. The molecule has 3 aliphatic carbocycles. The molecule has 1 fully saturated rings. The third-order valence-corrected chi connectivity index (χ3v) is 8.12. The van der Waals surface area contributed by atoms with Crippen LogP contribution in [0.5, 0.6) is 5.75 Å². The van der Waals surface area contributed by atoms with Gasteiger partial charge >= 0.3 is 5.97 Å². The first-order valence-electron chi connectivity index (χ1n) is 12.8. The number of aromatic hydroxyl groups is 1. The van der Waals surface area contributed by atoms with Gasteiger partial charge in [0.2, 0.25) is 5.78 Å². The van der Waals surface area contributed by atoms with Gasteiger partial charge in [-0.3, -0.25) is 29.4 Å². The number of hydrogen-bond acceptors (Lipinski definition) is 11. The molecule has 1 aromatic rings. The summed E-state index contributed by atoms with van der Waals surface area (Å²) in [5.41, 5.74) is -5.92. The van der Waals surface area contributed by atoms with Crippen molar-refractivity contribution in [1.82, 2.24) is 15.5 Å². The van der Waals surface area contributed by atoms with Crippen LogP contribution in [0.25, 0.3) is 5.76 Å². The summed E-state index contributed by atoms with van der Waals surface area (Å²) in [6.07, 6.45) is -0.0490. The minimum Gasteiger partial charge on any atom is -0.508 e. The quantitative estimate of drug-likeness (QED) is 0.117. The minimum atomic E-state index is -2.80. The molecule has 0 unspecified atom stereocenters. The maximum Gasteiger partial charge on any atom is 0.303 e. The number of rotatable bonds is 8. The molecule has 5 atom stereocenters. The molecule has 1 saturated carbocycles. The number of carbonyl (C=O) groups excluding carboxylic acids is 3. The van der Waals surface area contributed by atoms with Crippen LogP contribution in [0.15, 0.2) is 35.1 Å². The molecule has 13 heteroatoms. The molecule has 0 aromatic heterocycles. The normalized spacial score (nSPS) is 29.7. The Labute approximate surface area is 229 Å². The lowest BCUT2D eigenvalue weighted by molar-refractivity contribution is -0.159. The molecule has 0 bridgehead atoms. The van der Waals surface area contributed by atoms with E-state index >= 15 is 0 Å². The molecule has 13 nitrogen and oxygen atoms in total. The second-order valence-electron chi connectivity index (χ2n) is 10.8. The van der Waals surface area contributed by atoms with E-state index in [1.54, 1.807) is 0 Å². The van der Waals surface area contributed by atoms with Gasteiger partial charge in [0.05, 0.1) is 23.9 Å². The second kappa shape index (κ2) is 10.3. The molecule has 216 valence electrons. The maximum absolute atomic E-state index is 14.0. The predicted octanol–water partition coefficient (Wildman–Crippen LogP) is -0.328. The van der Waals surface area contributed by atoms with Gasteiger partial charge in [-0.1, -0.05) is 12.1 Å². The number of likely N-dealkylation sites (N-methyl/N-ethyl adjacent to an activating group) is 1. The molecular formula is C27H33N3O10. The van der Waals surface area contributed by atoms with E-state index < -0.39 is 80.9 Å². The number of nitrogens with one attached hydrogen (secondary N) is 2. The first kappa shape index (κ1) is 29.2. The van der Waals surface area contributed by atoms with Gasteiger partial charge in [-0.2, -0.15) is 0 Å². The third-order valence-electron chi connectivity index (χ3n) is 8.12. The van der Waals surface area contributed by atoms with Crippen LogP contribution in [0.4, 0.5) is 0 Å². The van der Waals surface area contributed by atoms with Gasteiger partial charge in [0.25, 0.3) is 5.91 Å². The summed E-state index contributed by atoms with van der Waals surface area (Å²) in [5.74, 6) is -8.78. The number of aliphatic hydroxyl groups is 4. The largest absolute Gasteiger partial charge is 0.508 e. The van der Waals surface area contributed by atoms with E-state index in [-0.39, 0.29) is 43.6 Å². The third kappa shape index (κ3) is 4.35. The monoisotopic (exact) mass is 559 g/mol. The Morgan fingerprint density at radius 2 is 1.80 bits per heavy atom. The van der Waals surface area contributed by atoms with Crippen molar-refractivity contribution < 1.29 is 49.8 Å². The van der Waals surface area contributed by atoms with Gasteiger partial charge in [0.1, 0.15) is 22.8 Å². The van der Waals surface area contributed by atoms with Gasteiger partial charge in [-0.15, -0.1) is 0 Å². The number of ketones is 2. The molecule has 0 aliphatic heterocycles. The Balaban J connectivity index is 1.77. The van der Waals surface area contributed by atoms with E-state index in [0.717, 1.165) is 0 Å². The standard InChI is InChI=1S/C27H33N3O10/c1-26(39)12-6-4-7-15(31)17(12)21(34)18-13(26)10-14-20(30(2)3)22(35)19(24(37)27(14,40)23(18)36)25(38)29-11-28-9-5-8-16(32)33/h4,6-7,13-14,20,28,31,34,37,39-40H,5,8-11H2,1-3H3,(H,29,38)(H,32,33)/t13-,14-,20-,26+,27-/m0/s1. The molecule has 8 N–H and O–H groups in total. The summed E-state index contributed by atoms with van der Waals surface area (Å²) in [5, 5.41) is 70.0. The lowest BCUT2D eigenvalue weighted by Crippen LogP contribution is -2.67. The zero-order chi connectivity index (χ0) is 29.7. The highest BCUT2D eigenvalue weighted by atomic mass is 16.4. The number of fused-ring (bicyclic) bond motifs is 3. The van der Waals surface area contributed by atoms with Crippen molar-refractivity contribution in [3.05, 3.63) is 46.2 Å². The number of aliphatic carboxylic acids is 1. The number of nitrogens with zero attached hydrogens (tertiary/aromatic N) is 1. The number of phenolic OH excluding ortho intramolecular Hbond substituents is 1. The summed E-state index contributed by atoms with van der Waals surface area (Å²) >= 11 is 0. The van der Waals surface area contributed by atoms with E-state index in [9.17, 15) is 44.7 Å². The van der Waals surface area contributed by atoms with Crippen LogP contribution >= 0.6 is 0 Å². The maximum atomic E-state index is 14.0. The van der Waals surface area contributed by atoms with Crippen LogP contribution in [0.3, 0.4) is 0 Å². The lowest BCUT2D eigenvalue weighted by Gasteiger charge is -2.53. The number of carboxylic acid groups (broad SMARTS) is 1. The van der Waals surface area contributed by atoms with Crippen LogP contribution in [0, 0.1) is 11.8 Å². The Kier molecular flexibility index (Phi) is 7.54. The van der Waals surface area contributed by atoms with E-state index in [1.165, 1.54) is 44.1 Å². The first-order chi connectivity index (χ1) is 18.7. The van der Waals surface area contributed by atoms with Gasteiger partial charge in [-0.25, -0.2) is 0 Å². The van der Waals surface area contributed by atoms with E-state index in [2.05, 4.69) is 10.6 Å². The number of Topliss-reactive ketones (excluding diaryl/α,β-unsaturated/α-hetero) is 2. The molecule has 4 rings (SSSR count). The number of hydrogen-bond donors (Lipinski definition) is 8. The Hall–Kier alpha value is -3.78. The highest BCUT2D eigenvalue weighted by Crippen LogP contribution is 2.57. The lowest BCUT2D eigenvalue weighted by atomic mass is 9.54. The van der Waals surface area contributed by atoms with Crippen molar-refractivity contribution in [2.45, 2.75) is 43.4 Å². The Morgan fingerprint density at radius 3 is 2.42 bits per heavy atom. The number of carboxylic acids is 1. The molecule has 1 amide bonds. The van der Waals surface area contributed by atoms with Crippen LogP contribution in [-0.4, -0.2) is 97.9 Å². The number of phenols is 1. The fraction of sp³-hybridized carbons (Fsp3) is 0.481. The molecule has 40 heavy (non-hydrogen) atoms. The highest BCUT2D eigenvalue weighted by molar-refractivity contribution is 6.25. The predicted molar refractivity (Wildman–Crippen MR) is 139 cm³/mol. The van der Waals surface area contributed by atoms with Gasteiger partial charge in [0.15, 0.2) is 11.4 Å². The van der Waals surface area contributed by atoms with Crippen LogP contribution in [-0.2, 0) is 24.8 Å². The summed E-state index contributed by atoms with van der Waals surface area (Å²) in [4.78, 5) is 52.7. The SMILES string of the molecule is CN(C)[C@@H]1C(=O)C(C(=O)NCNCCCC(=O)O)=C(O)[C@@]2(O)C(=O)C3=C(O)c4c(O)cccc4[C@@](C)(O)[C@H]3C[C@@H]12. The fourth-order valence-electron chi connectivity index (χ4n) is 6.17. The topological polar surface area (TPSA) is 217 Å². The van der Waals surface area contributed by atoms with Gasteiger partial charge in [-0.05, 0) is 52.0 Å². The number of benzene rings is 1.